The summed E-state index contributed by atoms with van der Waals surface area (Å²) in [6.07, 6.45) is 1.99. The van der Waals surface area contributed by atoms with Gasteiger partial charge in [-0.3, -0.25) is 0 Å². The van der Waals surface area contributed by atoms with Gasteiger partial charge < -0.3 is 0 Å². The summed E-state index contributed by atoms with van der Waals surface area (Å²) in [6.45, 7) is 3.53. The standard InChI is InChI=1S/C5H9ClF/c1-2-3-4-5(6)7/h5H,1-4H2. The first-order chi connectivity index (χ1) is 3.27. The molecule has 0 aromatic carbocycles. The van der Waals surface area contributed by atoms with Crippen LogP contribution < -0.4 is 0 Å². The average molecular weight is 124 g/mol. The minimum absolute atomic E-state index is 0.436. The largest absolute Gasteiger partial charge is 0.230 e. The SMILES string of the molecule is [CH2]CCCC(F)Cl. The zero-order valence-electron chi connectivity index (χ0n) is 4.16. The number of alkyl halides is 2. The molecule has 0 aromatic heterocycles. The normalized spacial score (nSPS) is 14.1. The topological polar surface area (TPSA) is 0 Å². The van der Waals surface area contributed by atoms with Crippen molar-refractivity contribution in [2.45, 2.75) is 24.9 Å². The second-order valence-corrected chi connectivity index (χ2v) is 1.86. The van der Waals surface area contributed by atoms with Crippen LogP contribution in [0.15, 0.2) is 0 Å². The van der Waals surface area contributed by atoms with E-state index in [2.05, 4.69) is 6.92 Å². The van der Waals surface area contributed by atoms with Crippen molar-refractivity contribution < 1.29 is 4.39 Å². The molecule has 0 aliphatic heterocycles. The number of hydrogen-bond acceptors (Lipinski definition) is 0. The van der Waals surface area contributed by atoms with Gasteiger partial charge in [0.25, 0.3) is 0 Å². The molecule has 0 rings (SSSR count). The summed E-state index contributed by atoms with van der Waals surface area (Å²) in [7, 11) is 0. The van der Waals surface area contributed by atoms with Crippen LogP contribution in [0.1, 0.15) is 19.3 Å². The molecule has 0 heterocycles. The molecule has 0 aliphatic carbocycles. The fraction of sp³-hybridized carbons (Fsp3) is 0.800. The summed E-state index contributed by atoms with van der Waals surface area (Å²) in [5, 5.41) is 0. The van der Waals surface area contributed by atoms with Crippen molar-refractivity contribution in [3.63, 3.8) is 0 Å². The van der Waals surface area contributed by atoms with E-state index in [0.29, 0.717) is 6.42 Å². The summed E-state index contributed by atoms with van der Waals surface area (Å²) >= 11 is 4.96. The molecule has 7 heavy (non-hydrogen) atoms. The second-order valence-electron chi connectivity index (χ2n) is 1.39. The highest BCUT2D eigenvalue weighted by Crippen LogP contribution is 2.06. The van der Waals surface area contributed by atoms with Gasteiger partial charge in [0.15, 0.2) is 5.63 Å². The molecule has 2 heteroatoms. The number of rotatable bonds is 3. The molecule has 0 fully saturated rings. The quantitative estimate of drug-likeness (QED) is 0.506. The summed E-state index contributed by atoms with van der Waals surface area (Å²) in [5.41, 5.74) is -1.17. The highest BCUT2D eigenvalue weighted by molar-refractivity contribution is 6.19. The fourth-order valence-corrected chi connectivity index (χ4v) is 0.453. The lowest BCUT2D eigenvalue weighted by molar-refractivity contribution is 0.413. The Balaban J connectivity index is 2.68. The van der Waals surface area contributed by atoms with Gasteiger partial charge in [-0.25, -0.2) is 4.39 Å². The van der Waals surface area contributed by atoms with Gasteiger partial charge in [0.2, 0.25) is 0 Å². The van der Waals surface area contributed by atoms with Crippen molar-refractivity contribution in [2.24, 2.45) is 0 Å². The van der Waals surface area contributed by atoms with E-state index in [9.17, 15) is 4.39 Å². The third-order valence-electron chi connectivity index (χ3n) is 0.672. The van der Waals surface area contributed by atoms with E-state index in [1.807, 2.05) is 0 Å². The Morgan fingerprint density at radius 1 is 1.71 bits per heavy atom. The molecule has 0 aliphatic rings. The molecule has 1 radical (unpaired) electrons. The summed E-state index contributed by atoms with van der Waals surface area (Å²) in [5.74, 6) is 0. The Hall–Kier alpha value is 0.220. The number of unbranched alkanes of at least 4 members (excludes halogenated alkanes) is 1. The Labute approximate surface area is 48.7 Å². The van der Waals surface area contributed by atoms with Crippen LogP contribution in [-0.4, -0.2) is 5.63 Å². The molecule has 0 bridgehead atoms. The van der Waals surface area contributed by atoms with E-state index >= 15 is 0 Å². The van der Waals surface area contributed by atoms with Gasteiger partial charge in [-0.2, -0.15) is 0 Å². The maximum Gasteiger partial charge on any atom is 0.173 e. The van der Waals surface area contributed by atoms with Crippen molar-refractivity contribution >= 4 is 11.6 Å². The Morgan fingerprint density at radius 3 is 2.43 bits per heavy atom. The zero-order valence-corrected chi connectivity index (χ0v) is 4.92. The number of hydrogen-bond donors (Lipinski definition) is 0. The van der Waals surface area contributed by atoms with Crippen molar-refractivity contribution in [3.8, 4) is 0 Å². The van der Waals surface area contributed by atoms with Crippen molar-refractivity contribution in [3.05, 3.63) is 6.92 Å². The molecule has 43 valence electrons. The molecular weight excluding hydrogens is 115 g/mol. The molecular formula is C5H9ClF. The van der Waals surface area contributed by atoms with E-state index in [4.69, 9.17) is 11.6 Å². The highest BCUT2D eigenvalue weighted by atomic mass is 35.5. The van der Waals surface area contributed by atoms with Crippen LogP contribution >= 0.6 is 11.6 Å². The predicted octanol–water partition coefficient (Wildman–Crippen LogP) is 2.53. The molecule has 0 spiro atoms. The lowest BCUT2D eigenvalue weighted by Crippen LogP contribution is -1.85. The zero-order chi connectivity index (χ0) is 5.70. The molecule has 0 saturated carbocycles. The Bertz CT molecular complexity index is 37.1. The molecule has 0 N–H and O–H groups in total. The monoisotopic (exact) mass is 123 g/mol. The molecule has 0 nitrogen and oxygen atoms in total. The first-order valence-electron chi connectivity index (χ1n) is 2.34. The highest BCUT2D eigenvalue weighted by Gasteiger charge is 1.95. The lowest BCUT2D eigenvalue weighted by atomic mass is 10.3. The first kappa shape index (κ1) is 7.22. The van der Waals surface area contributed by atoms with Gasteiger partial charge in [-0.15, -0.1) is 0 Å². The average Bonchev–Trinajstić information content (AvgIpc) is 1.61. The van der Waals surface area contributed by atoms with Crippen LogP contribution in [0.5, 0.6) is 0 Å². The van der Waals surface area contributed by atoms with Gasteiger partial charge in [0.1, 0.15) is 0 Å². The minimum Gasteiger partial charge on any atom is -0.230 e. The smallest absolute Gasteiger partial charge is 0.173 e. The Kier molecular flexibility index (Phi) is 4.52. The predicted molar refractivity (Wildman–Crippen MR) is 30.0 cm³/mol. The maximum absolute atomic E-state index is 11.6. The van der Waals surface area contributed by atoms with Crippen molar-refractivity contribution in [1.82, 2.24) is 0 Å². The van der Waals surface area contributed by atoms with Gasteiger partial charge in [-0.05, 0) is 12.8 Å². The molecule has 1 atom stereocenters. The van der Waals surface area contributed by atoms with Crippen LogP contribution in [0, 0.1) is 6.92 Å². The van der Waals surface area contributed by atoms with E-state index in [1.165, 1.54) is 0 Å². The third kappa shape index (κ3) is 6.22. The second kappa shape index (κ2) is 4.38. The van der Waals surface area contributed by atoms with Crippen LogP contribution in [0.2, 0.25) is 0 Å². The Morgan fingerprint density at radius 2 is 2.29 bits per heavy atom. The van der Waals surface area contributed by atoms with Crippen molar-refractivity contribution in [2.75, 3.05) is 0 Å². The van der Waals surface area contributed by atoms with Gasteiger partial charge in [0, 0.05) is 0 Å². The van der Waals surface area contributed by atoms with E-state index in [0.717, 1.165) is 12.8 Å². The first-order valence-corrected chi connectivity index (χ1v) is 2.78. The molecule has 0 aromatic rings. The maximum atomic E-state index is 11.6. The van der Waals surface area contributed by atoms with Gasteiger partial charge >= 0.3 is 0 Å². The van der Waals surface area contributed by atoms with Crippen LogP contribution in [0.25, 0.3) is 0 Å². The van der Waals surface area contributed by atoms with E-state index in [-0.39, 0.29) is 0 Å². The van der Waals surface area contributed by atoms with E-state index in [1.54, 1.807) is 0 Å². The van der Waals surface area contributed by atoms with Crippen LogP contribution in [0.4, 0.5) is 4.39 Å². The summed E-state index contributed by atoms with van der Waals surface area (Å²) in [6, 6.07) is 0. The van der Waals surface area contributed by atoms with Crippen molar-refractivity contribution in [1.29, 1.82) is 0 Å². The minimum atomic E-state index is -1.17. The molecule has 0 saturated heterocycles. The van der Waals surface area contributed by atoms with Gasteiger partial charge in [0.05, 0.1) is 0 Å². The molecule has 1 unspecified atom stereocenters. The molecule has 0 amide bonds. The summed E-state index contributed by atoms with van der Waals surface area (Å²) < 4.78 is 11.6. The summed E-state index contributed by atoms with van der Waals surface area (Å²) in [4.78, 5) is 0. The van der Waals surface area contributed by atoms with Crippen LogP contribution in [0.3, 0.4) is 0 Å². The van der Waals surface area contributed by atoms with Gasteiger partial charge in [-0.1, -0.05) is 24.9 Å². The fourth-order valence-electron chi connectivity index (χ4n) is 0.299. The lowest BCUT2D eigenvalue weighted by Gasteiger charge is -1.93. The van der Waals surface area contributed by atoms with Crippen LogP contribution in [-0.2, 0) is 0 Å². The number of halogens is 2. The van der Waals surface area contributed by atoms with E-state index < -0.39 is 5.63 Å². The third-order valence-corrected chi connectivity index (χ3v) is 0.891.